The van der Waals surface area contributed by atoms with E-state index in [0.29, 0.717) is 44.7 Å². The number of carbonyl (C=O) groups is 2. The Morgan fingerprint density at radius 2 is 1.59 bits per heavy atom. The molecule has 1 N–H and O–H groups in total. The summed E-state index contributed by atoms with van der Waals surface area (Å²) < 4.78 is 28.7. The van der Waals surface area contributed by atoms with E-state index in [1.165, 1.54) is 17.7 Å². The number of nitrogens with zero attached hydrogens (tertiary/aromatic N) is 2. The van der Waals surface area contributed by atoms with Gasteiger partial charge in [-0.3, -0.25) is 14.5 Å². The van der Waals surface area contributed by atoms with Crippen LogP contribution < -0.4 is 10.1 Å². The van der Waals surface area contributed by atoms with Gasteiger partial charge in [-0.25, -0.2) is 0 Å². The second-order valence-electron chi connectivity index (χ2n) is 7.74. The molecule has 0 aliphatic carbocycles. The summed E-state index contributed by atoms with van der Waals surface area (Å²) in [5.74, 6) is 0.0719. The Morgan fingerprint density at radius 1 is 0.969 bits per heavy atom. The molecule has 0 atom stereocenters. The molecule has 0 radical (unpaired) electrons. The van der Waals surface area contributed by atoms with Crippen molar-refractivity contribution in [3.8, 4) is 5.75 Å². The van der Waals surface area contributed by atoms with Crippen LogP contribution in [-0.2, 0) is 17.6 Å². The Morgan fingerprint density at radius 3 is 2.19 bits per heavy atom. The van der Waals surface area contributed by atoms with Crippen molar-refractivity contribution in [2.75, 3.05) is 39.3 Å². The number of rotatable bonds is 9. The maximum absolute atomic E-state index is 12.7. The highest BCUT2D eigenvalue weighted by Gasteiger charge is 2.23. The molecule has 0 bridgehead atoms. The molecular weight excluding hydrogens is 416 g/mol. The summed E-state index contributed by atoms with van der Waals surface area (Å²) in [6.45, 7) is 2.47. The van der Waals surface area contributed by atoms with Crippen LogP contribution in [-0.4, -0.2) is 67.5 Å². The Kier molecular flexibility index (Phi) is 8.56. The molecule has 32 heavy (non-hydrogen) atoms. The normalized spacial score (nSPS) is 14.4. The van der Waals surface area contributed by atoms with Crippen molar-refractivity contribution >= 4 is 11.8 Å². The van der Waals surface area contributed by atoms with Crippen LogP contribution in [0.2, 0.25) is 0 Å². The highest BCUT2D eigenvalue weighted by Crippen LogP contribution is 2.15. The fraction of sp³-hybridized carbons (Fsp3) is 0.417. The standard InChI is InChI=1S/C24H29F2N3O3/c1-2-18-3-7-20(8-4-18)23(31)29-15-13-28(14-16-29)17-22(30)27-12-11-19-5-9-21(10-6-19)32-24(25)26/h3-10,24H,2,11-17H2,1H3,(H,27,30). The number of benzene rings is 2. The van der Waals surface area contributed by atoms with Crippen molar-refractivity contribution < 1.29 is 23.1 Å². The molecular formula is C24H29F2N3O3. The number of alkyl halides is 2. The van der Waals surface area contributed by atoms with Crippen LogP contribution >= 0.6 is 0 Å². The molecule has 2 aromatic carbocycles. The average Bonchev–Trinajstić information content (AvgIpc) is 2.80. The number of nitrogens with one attached hydrogen (secondary N) is 1. The predicted octanol–water partition coefficient (Wildman–Crippen LogP) is 2.97. The third kappa shape index (κ3) is 7.02. The first-order valence-corrected chi connectivity index (χ1v) is 10.9. The van der Waals surface area contributed by atoms with E-state index in [1.54, 1.807) is 12.1 Å². The monoisotopic (exact) mass is 445 g/mol. The molecule has 1 aliphatic rings. The first-order valence-electron chi connectivity index (χ1n) is 10.9. The third-order valence-electron chi connectivity index (χ3n) is 5.52. The SMILES string of the molecule is CCc1ccc(C(=O)N2CCN(CC(=O)NCCc3ccc(OC(F)F)cc3)CC2)cc1. The van der Waals surface area contributed by atoms with Gasteiger partial charge in [-0.1, -0.05) is 31.2 Å². The minimum absolute atomic E-state index is 0.0294. The van der Waals surface area contributed by atoms with Gasteiger partial charge in [-0.05, 0) is 48.2 Å². The van der Waals surface area contributed by atoms with Crippen LogP contribution in [0.1, 0.15) is 28.4 Å². The van der Waals surface area contributed by atoms with Gasteiger partial charge in [0, 0.05) is 38.3 Å². The van der Waals surface area contributed by atoms with E-state index in [2.05, 4.69) is 17.0 Å². The zero-order chi connectivity index (χ0) is 22.9. The summed E-state index contributed by atoms with van der Waals surface area (Å²) >= 11 is 0. The summed E-state index contributed by atoms with van der Waals surface area (Å²) in [4.78, 5) is 28.8. The summed E-state index contributed by atoms with van der Waals surface area (Å²) in [5, 5.41) is 2.88. The van der Waals surface area contributed by atoms with Crippen LogP contribution in [0.5, 0.6) is 5.75 Å². The van der Waals surface area contributed by atoms with Crippen LogP contribution in [0.25, 0.3) is 0 Å². The smallest absolute Gasteiger partial charge is 0.387 e. The Bertz CT molecular complexity index is 880. The molecule has 1 heterocycles. The lowest BCUT2D eigenvalue weighted by Gasteiger charge is -2.34. The summed E-state index contributed by atoms with van der Waals surface area (Å²) in [7, 11) is 0. The van der Waals surface area contributed by atoms with Crippen molar-refractivity contribution in [2.24, 2.45) is 0 Å². The molecule has 0 spiro atoms. The number of amides is 2. The fourth-order valence-electron chi connectivity index (χ4n) is 3.62. The lowest BCUT2D eigenvalue weighted by atomic mass is 10.1. The first-order chi connectivity index (χ1) is 15.4. The van der Waals surface area contributed by atoms with Gasteiger partial charge in [0.05, 0.1) is 6.54 Å². The zero-order valence-corrected chi connectivity index (χ0v) is 18.2. The van der Waals surface area contributed by atoms with E-state index in [9.17, 15) is 18.4 Å². The van der Waals surface area contributed by atoms with Gasteiger partial charge >= 0.3 is 6.61 Å². The van der Waals surface area contributed by atoms with Crippen LogP contribution in [0, 0.1) is 0 Å². The second-order valence-corrected chi connectivity index (χ2v) is 7.74. The van der Waals surface area contributed by atoms with E-state index < -0.39 is 6.61 Å². The minimum Gasteiger partial charge on any atom is -0.435 e. The number of hydrogen-bond acceptors (Lipinski definition) is 4. The summed E-state index contributed by atoms with van der Waals surface area (Å²) in [5.41, 5.74) is 2.82. The topological polar surface area (TPSA) is 61.9 Å². The lowest BCUT2D eigenvalue weighted by Crippen LogP contribution is -2.51. The molecule has 172 valence electrons. The quantitative estimate of drug-likeness (QED) is 0.645. The van der Waals surface area contributed by atoms with E-state index in [4.69, 9.17) is 0 Å². The van der Waals surface area contributed by atoms with E-state index in [1.807, 2.05) is 34.1 Å². The van der Waals surface area contributed by atoms with Crippen molar-refractivity contribution in [2.45, 2.75) is 26.4 Å². The minimum atomic E-state index is -2.84. The molecule has 0 aromatic heterocycles. The van der Waals surface area contributed by atoms with Gasteiger partial charge < -0.3 is 15.0 Å². The Hall–Kier alpha value is -3.00. The first kappa shape index (κ1) is 23.7. The molecule has 8 heteroatoms. The molecule has 1 saturated heterocycles. The van der Waals surface area contributed by atoms with E-state index >= 15 is 0 Å². The Balaban J connectivity index is 1.35. The molecule has 0 unspecified atom stereocenters. The lowest BCUT2D eigenvalue weighted by molar-refractivity contribution is -0.122. The van der Waals surface area contributed by atoms with Crippen molar-refractivity contribution in [1.29, 1.82) is 0 Å². The van der Waals surface area contributed by atoms with Gasteiger partial charge in [-0.2, -0.15) is 8.78 Å². The summed E-state index contributed by atoms with van der Waals surface area (Å²) in [6, 6.07) is 14.1. The third-order valence-corrected chi connectivity index (χ3v) is 5.52. The number of ether oxygens (including phenoxy) is 1. The van der Waals surface area contributed by atoms with Crippen molar-refractivity contribution in [1.82, 2.24) is 15.1 Å². The predicted molar refractivity (Wildman–Crippen MR) is 118 cm³/mol. The molecule has 3 rings (SSSR count). The van der Waals surface area contributed by atoms with Gasteiger partial charge in [0.15, 0.2) is 0 Å². The largest absolute Gasteiger partial charge is 0.435 e. The molecule has 0 saturated carbocycles. The molecule has 1 fully saturated rings. The zero-order valence-electron chi connectivity index (χ0n) is 18.2. The van der Waals surface area contributed by atoms with Crippen molar-refractivity contribution in [3.63, 3.8) is 0 Å². The number of carbonyl (C=O) groups excluding carboxylic acids is 2. The highest BCUT2D eigenvalue weighted by molar-refractivity contribution is 5.94. The van der Waals surface area contributed by atoms with Crippen LogP contribution in [0.15, 0.2) is 48.5 Å². The average molecular weight is 446 g/mol. The molecule has 6 nitrogen and oxygen atoms in total. The Labute approximate surface area is 187 Å². The molecule has 2 amide bonds. The number of halogens is 2. The second kappa shape index (κ2) is 11.6. The molecule has 2 aromatic rings. The van der Waals surface area contributed by atoms with Crippen LogP contribution in [0.4, 0.5) is 8.78 Å². The van der Waals surface area contributed by atoms with E-state index in [0.717, 1.165) is 12.0 Å². The van der Waals surface area contributed by atoms with Gasteiger partial charge in [-0.15, -0.1) is 0 Å². The van der Waals surface area contributed by atoms with Crippen molar-refractivity contribution in [3.05, 3.63) is 65.2 Å². The van der Waals surface area contributed by atoms with Gasteiger partial charge in [0.25, 0.3) is 5.91 Å². The fourth-order valence-corrected chi connectivity index (χ4v) is 3.62. The molecule has 1 aliphatic heterocycles. The van der Waals surface area contributed by atoms with E-state index in [-0.39, 0.29) is 24.1 Å². The maximum Gasteiger partial charge on any atom is 0.387 e. The van der Waals surface area contributed by atoms with Crippen LogP contribution in [0.3, 0.4) is 0 Å². The van der Waals surface area contributed by atoms with Gasteiger partial charge in [0.2, 0.25) is 5.91 Å². The highest BCUT2D eigenvalue weighted by atomic mass is 19.3. The van der Waals surface area contributed by atoms with Gasteiger partial charge in [0.1, 0.15) is 5.75 Å². The number of hydrogen-bond donors (Lipinski definition) is 1. The maximum atomic E-state index is 12.7. The summed E-state index contributed by atoms with van der Waals surface area (Å²) in [6.07, 6.45) is 1.54. The number of piperazine rings is 1. The number of aryl methyl sites for hydroxylation is 1.